The van der Waals surface area contributed by atoms with Crippen LogP contribution in [0.25, 0.3) is 0 Å². The zero-order chi connectivity index (χ0) is 13.8. The topological polar surface area (TPSA) is 37.8 Å². The van der Waals surface area contributed by atoms with Gasteiger partial charge in [0, 0.05) is 11.2 Å². The molecule has 0 saturated carbocycles. The van der Waals surface area contributed by atoms with Gasteiger partial charge in [-0.1, -0.05) is 11.6 Å². The third kappa shape index (κ3) is 3.49. The molecule has 2 aromatic rings. The third-order valence-electron chi connectivity index (χ3n) is 2.94. The first kappa shape index (κ1) is 13.9. The second-order valence-electron chi connectivity index (χ2n) is 4.36. The SMILES string of the molecule is CNC(Cc1cc(F)ccc1Cl)c1cnc(C)cn1. The number of rotatable bonds is 4. The van der Waals surface area contributed by atoms with Crippen molar-refractivity contribution in [2.75, 3.05) is 7.05 Å². The second kappa shape index (κ2) is 6.08. The molecule has 0 saturated heterocycles. The zero-order valence-electron chi connectivity index (χ0n) is 10.8. The van der Waals surface area contributed by atoms with Crippen LogP contribution >= 0.6 is 11.6 Å². The molecule has 0 aliphatic rings. The maximum Gasteiger partial charge on any atom is 0.123 e. The van der Waals surface area contributed by atoms with E-state index in [4.69, 9.17) is 11.6 Å². The number of likely N-dealkylation sites (N-methyl/N-ethyl adjacent to an activating group) is 1. The van der Waals surface area contributed by atoms with Crippen molar-refractivity contribution >= 4 is 11.6 Å². The molecule has 1 heterocycles. The number of aromatic nitrogens is 2. The largest absolute Gasteiger partial charge is 0.311 e. The lowest BCUT2D eigenvalue weighted by atomic mass is 10.0. The Morgan fingerprint density at radius 1 is 1.32 bits per heavy atom. The van der Waals surface area contributed by atoms with E-state index in [1.165, 1.54) is 12.1 Å². The normalized spacial score (nSPS) is 12.4. The molecular formula is C14H15ClFN3. The number of benzene rings is 1. The minimum atomic E-state index is -0.288. The van der Waals surface area contributed by atoms with Crippen LogP contribution in [-0.4, -0.2) is 17.0 Å². The van der Waals surface area contributed by atoms with Crippen LogP contribution < -0.4 is 5.32 Å². The molecule has 0 bridgehead atoms. The highest BCUT2D eigenvalue weighted by Crippen LogP contribution is 2.23. The van der Waals surface area contributed by atoms with Gasteiger partial charge in [-0.25, -0.2) is 4.39 Å². The molecule has 1 unspecified atom stereocenters. The molecule has 0 spiro atoms. The van der Waals surface area contributed by atoms with E-state index in [1.807, 2.05) is 14.0 Å². The molecule has 100 valence electrons. The Morgan fingerprint density at radius 2 is 2.11 bits per heavy atom. The van der Waals surface area contributed by atoms with Gasteiger partial charge in [-0.3, -0.25) is 9.97 Å². The van der Waals surface area contributed by atoms with Crippen LogP contribution in [0.15, 0.2) is 30.6 Å². The minimum absolute atomic E-state index is 0.0487. The summed E-state index contributed by atoms with van der Waals surface area (Å²) >= 11 is 6.08. The summed E-state index contributed by atoms with van der Waals surface area (Å²) in [6, 6.07) is 4.33. The van der Waals surface area contributed by atoms with E-state index in [2.05, 4.69) is 15.3 Å². The molecule has 2 rings (SSSR count). The van der Waals surface area contributed by atoms with Crippen molar-refractivity contribution in [1.82, 2.24) is 15.3 Å². The predicted molar refractivity (Wildman–Crippen MR) is 73.7 cm³/mol. The fraction of sp³-hybridized carbons (Fsp3) is 0.286. The summed E-state index contributed by atoms with van der Waals surface area (Å²) in [5.74, 6) is -0.288. The summed E-state index contributed by atoms with van der Waals surface area (Å²) in [5, 5.41) is 3.71. The predicted octanol–water partition coefficient (Wildman–Crippen LogP) is 3.08. The number of nitrogens with one attached hydrogen (secondary N) is 1. The van der Waals surface area contributed by atoms with Gasteiger partial charge in [-0.15, -0.1) is 0 Å². The number of halogens is 2. The summed E-state index contributed by atoms with van der Waals surface area (Å²) in [7, 11) is 1.83. The molecule has 1 atom stereocenters. The second-order valence-corrected chi connectivity index (χ2v) is 4.77. The van der Waals surface area contributed by atoms with Crippen LogP contribution in [0.5, 0.6) is 0 Å². The Kier molecular flexibility index (Phi) is 4.45. The monoisotopic (exact) mass is 279 g/mol. The summed E-state index contributed by atoms with van der Waals surface area (Å²) in [6.07, 6.45) is 4.00. The van der Waals surface area contributed by atoms with Gasteiger partial charge >= 0.3 is 0 Å². The standard InChI is InChI=1S/C14H15ClFN3/c1-9-7-19-14(8-18-9)13(17-2)6-10-5-11(16)3-4-12(10)15/h3-5,7-8,13,17H,6H2,1-2H3. The lowest BCUT2D eigenvalue weighted by Crippen LogP contribution is -2.20. The van der Waals surface area contributed by atoms with E-state index in [0.717, 1.165) is 17.0 Å². The molecule has 0 aliphatic heterocycles. The van der Waals surface area contributed by atoms with Gasteiger partial charge in [0.15, 0.2) is 0 Å². The van der Waals surface area contributed by atoms with Crippen molar-refractivity contribution in [2.24, 2.45) is 0 Å². The van der Waals surface area contributed by atoms with Gasteiger partial charge in [-0.2, -0.15) is 0 Å². The third-order valence-corrected chi connectivity index (χ3v) is 3.31. The first-order valence-corrected chi connectivity index (χ1v) is 6.37. The minimum Gasteiger partial charge on any atom is -0.311 e. The average Bonchev–Trinajstić information content (AvgIpc) is 2.41. The highest BCUT2D eigenvalue weighted by Gasteiger charge is 2.14. The highest BCUT2D eigenvalue weighted by molar-refractivity contribution is 6.31. The van der Waals surface area contributed by atoms with Crippen LogP contribution in [0.1, 0.15) is 23.0 Å². The Balaban J connectivity index is 2.23. The summed E-state index contributed by atoms with van der Waals surface area (Å²) in [5.41, 5.74) is 2.43. The molecule has 1 aromatic heterocycles. The summed E-state index contributed by atoms with van der Waals surface area (Å²) in [4.78, 5) is 8.56. The number of nitrogens with zero attached hydrogens (tertiary/aromatic N) is 2. The van der Waals surface area contributed by atoms with Crippen molar-refractivity contribution < 1.29 is 4.39 Å². The molecule has 19 heavy (non-hydrogen) atoms. The van der Waals surface area contributed by atoms with E-state index < -0.39 is 0 Å². The van der Waals surface area contributed by atoms with Crippen molar-refractivity contribution in [2.45, 2.75) is 19.4 Å². The van der Waals surface area contributed by atoms with E-state index in [1.54, 1.807) is 18.5 Å². The Labute approximate surface area is 116 Å². The van der Waals surface area contributed by atoms with E-state index in [-0.39, 0.29) is 11.9 Å². The van der Waals surface area contributed by atoms with Crippen molar-refractivity contribution in [3.05, 3.63) is 58.4 Å². The molecule has 0 aliphatic carbocycles. The molecule has 0 fully saturated rings. The maximum atomic E-state index is 13.2. The first-order chi connectivity index (χ1) is 9.10. The van der Waals surface area contributed by atoms with Gasteiger partial charge in [0.05, 0.1) is 23.6 Å². The van der Waals surface area contributed by atoms with Crippen LogP contribution in [0, 0.1) is 12.7 Å². The van der Waals surface area contributed by atoms with E-state index in [9.17, 15) is 4.39 Å². The molecular weight excluding hydrogens is 265 g/mol. The van der Waals surface area contributed by atoms with Crippen molar-refractivity contribution in [1.29, 1.82) is 0 Å². The number of hydrogen-bond acceptors (Lipinski definition) is 3. The average molecular weight is 280 g/mol. The summed E-state index contributed by atoms with van der Waals surface area (Å²) in [6.45, 7) is 1.88. The van der Waals surface area contributed by atoms with Crippen LogP contribution in [-0.2, 0) is 6.42 Å². The number of hydrogen-bond donors (Lipinski definition) is 1. The lowest BCUT2D eigenvalue weighted by molar-refractivity contribution is 0.567. The van der Waals surface area contributed by atoms with Crippen molar-refractivity contribution in [3.63, 3.8) is 0 Å². The molecule has 0 amide bonds. The molecule has 1 N–H and O–H groups in total. The van der Waals surface area contributed by atoms with Crippen molar-refractivity contribution in [3.8, 4) is 0 Å². The fourth-order valence-corrected chi connectivity index (χ4v) is 2.05. The molecule has 0 radical (unpaired) electrons. The van der Waals surface area contributed by atoms with Crippen LogP contribution in [0.3, 0.4) is 0 Å². The van der Waals surface area contributed by atoms with E-state index in [0.29, 0.717) is 11.4 Å². The molecule has 1 aromatic carbocycles. The van der Waals surface area contributed by atoms with Gasteiger partial charge in [0.25, 0.3) is 0 Å². The Morgan fingerprint density at radius 3 is 2.74 bits per heavy atom. The van der Waals surface area contributed by atoms with Crippen LogP contribution in [0.4, 0.5) is 4.39 Å². The van der Waals surface area contributed by atoms with Crippen LogP contribution in [0.2, 0.25) is 5.02 Å². The van der Waals surface area contributed by atoms with Gasteiger partial charge in [0.2, 0.25) is 0 Å². The first-order valence-electron chi connectivity index (χ1n) is 6.00. The van der Waals surface area contributed by atoms with E-state index >= 15 is 0 Å². The number of aryl methyl sites for hydroxylation is 1. The smallest absolute Gasteiger partial charge is 0.123 e. The van der Waals surface area contributed by atoms with Gasteiger partial charge in [-0.05, 0) is 44.2 Å². The van der Waals surface area contributed by atoms with Gasteiger partial charge < -0.3 is 5.32 Å². The van der Waals surface area contributed by atoms with Gasteiger partial charge in [0.1, 0.15) is 5.82 Å². The zero-order valence-corrected chi connectivity index (χ0v) is 11.6. The lowest BCUT2D eigenvalue weighted by Gasteiger charge is -2.16. The maximum absolute atomic E-state index is 13.2. The Bertz CT molecular complexity index is 557. The fourth-order valence-electron chi connectivity index (χ4n) is 1.86. The molecule has 5 heteroatoms. The molecule has 3 nitrogen and oxygen atoms in total. The highest BCUT2D eigenvalue weighted by atomic mass is 35.5. The summed E-state index contributed by atoms with van der Waals surface area (Å²) < 4.78 is 13.2. The quantitative estimate of drug-likeness (QED) is 0.935. The Hall–Kier alpha value is -1.52.